The third kappa shape index (κ3) is 4.14. The average Bonchev–Trinajstić information content (AvgIpc) is 3.27. The fourth-order valence-corrected chi connectivity index (χ4v) is 4.83. The first kappa shape index (κ1) is 20.0. The normalized spacial score (nSPS) is 24.4. The van der Waals surface area contributed by atoms with Gasteiger partial charge in [0.15, 0.2) is 5.65 Å². The summed E-state index contributed by atoms with van der Waals surface area (Å²) < 4.78 is 3.28. The zero-order valence-corrected chi connectivity index (χ0v) is 17.6. The molecule has 0 radical (unpaired) electrons. The van der Waals surface area contributed by atoms with E-state index in [-0.39, 0.29) is 17.6 Å². The maximum absolute atomic E-state index is 12.5. The number of anilines is 2. The zero-order valence-electron chi connectivity index (χ0n) is 17.6. The monoisotopic (exact) mass is 423 g/mol. The molecule has 3 atom stereocenters. The van der Waals surface area contributed by atoms with Crippen molar-refractivity contribution in [1.82, 2.24) is 24.4 Å². The molecule has 9 heteroatoms. The van der Waals surface area contributed by atoms with E-state index in [4.69, 9.17) is 5.10 Å². The van der Waals surface area contributed by atoms with Crippen LogP contribution in [0.15, 0.2) is 41.5 Å². The number of aliphatic hydroxyl groups excluding tert-OH is 1. The largest absolute Gasteiger partial charge is 0.391 e. The highest BCUT2D eigenvalue weighted by Crippen LogP contribution is 2.28. The first-order chi connectivity index (χ1) is 15.2. The molecule has 164 valence electrons. The summed E-state index contributed by atoms with van der Waals surface area (Å²) in [5, 5.41) is 23.2. The van der Waals surface area contributed by atoms with Gasteiger partial charge in [0, 0.05) is 37.6 Å². The van der Waals surface area contributed by atoms with E-state index >= 15 is 0 Å². The fourth-order valence-electron chi connectivity index (χ4n) is 4.83. The van der Waals surface area contributed by atoms with Crippen LogP contribution in [0.5, 0.6) is 0 Å². The Kier molecular flexibility index (Phi) is 5.59. The number of hydrogen-bond donors (Lipinski definition) is 2. The van der Waals surface area contributed by atoms with Gasteiger partial charge in [0.2, 0.25) is 0 Å². The lowest BCUT2D eigenvalue weighted by Crippen LogP contribution is -2.45. The minimum Gasteiger partial charge on any atom is -0.391 e. The Morgan fingerprint density at radius 2 is 1.90 bits per heavy atom. The molecule has 3 unspecified atom stereocenters. The molecule has 4 heterocycles. The number of fused-ring (bicyclic) bond motifs is 1. The van der Waals surface area contributed by atoms with Crippen molar-refractivity contribution in [2.24, 2.45) is 0 Å². The molecule has 0 spiro atoms. The van der Waals surface area contributed by atoms with Gasteiger partial charge in [-0.25, -0.2) is 14.2 Å². The number of aliphatic hydroxyl groups is 1. The Morgan fingerprint density at radius 3 is 2.81 bits per heavy atom. The van der Waals surface area contributed by atoms with Crippen LogP contribution in [0.1, 0.15) is 51.0 Å². The number of imidazole rings is 1. The van der Waals surface area contributed by atoms with E-state index in [1.54, 1.807) is 16.8 Å². The van der Waals surface area contributed by atoms with Crippen molar-refractivity contribution in [3.8, 4) is 0 Å². The first-order valence-electron chi connectivity index (χ1n) is 11.3. The molecular weight excluding hydrogens is 394 g/mol. The number of piperidine rings is 1. The van der Waals surface area contributed by atoms with Gasteiger partial charge < -0.3 is 15.3 Å². The molecule has 2 aliphatic rings. The van der Waals surface area contributed by atoms with Gasteiger partial charge in [-0.3, -0.25) is 4.79 Å². The average molecular weight is 424 g/mol. The Hall–Kier alpha value is -2.94. The molecule has 1 saturated heterocycles. The molecule has 31 heavy (non-hydrogen) atoms. The summed E-state index contributed by atoms with van der Waals surface area (Å²) in [6.07, 6.45) is 9.93. The van der Waals surface area contributed by atoms with Crippen LogP contribution in [0, 0.1) is 0 Å². The van der Waals surface area contributed by atoms with E-state index in [0.29, 0.717) is 0 Å². The van der Waals surface area contributed by atoms with Gasteiger partial charge in [0.25, 0.3) is 5.56 Å². The highest BCUT2D eigenvalue weighted by Gasteiger charge is 2.28. The van der Waals surface area contributed by atoms with Crippen molar-refractivity contribution in [2.75, 3.05) is 23.3 Å². The molecule has 1 aliphatic heterocycles. The summed E-state index contributed by atoms with van der Waals surface area (Å²) in [5.74, 6) is 1.61. The second kappa shape index (κ2) is 8.66. The van der Waals surface area contributed by atoms with Crippen LogP contribution in [0.3, 0.4) is 0 Å². The maximum atomic E-state index is 12.5. The van der Waals surface area contributed by atoms with Gasteiger partial charge in [0.1, 0.15) is 11.6 Å². The number of aromatic nitrogens is 5. The van der Waals surface area contributed by atoms with Crippen molar-refractivity contribution in [2.45, 2.75) is 63.1 Å². The Bertz CT molecular complexity index is 1090. The fraction of sp³-hybridized carbons (Fsp3) is 0.545. The standard InChI is InChI=1S/C22H29N7O2/c30-18-7-2-1-6-17(18)29-22(31)11-10-21(26-29)27-13-4-3-5-16(27)15-24-19-8-9-20-23-12-14-28(20)25-19/h8-12,14,16-18,30H,1-7,13,15H2,(H,24,25). The van der Waals surface area contributed by atoms with Crippen molar-refractivity contribution < 1.29 is 5.11 Å². The molecule has 1 aliphatic carbocycles. The summed E-state index contributed by atoms with van der Waals surface area (Å²) in [7, 11) is 0. The molecule has 3 aromatic rings. The number of nitrogens with zero attached hydrogens (tertiary/aromatic N) is 6. The van der Waals surface area contributed by atoms with Crippen molar-refractivity contribution in [1.29, 1.82) is 0 Å². The summed E-state index contributed by atoms with van der Waals surface area (Å²) in [4.78, 5) is 19.0. The highest BCUT2D eigenvalue weighted by atomic mass is 16.3. The van der Waals surface area contributed by atoms with E-state index in [2.05, 4.69) is 20.3 Å². The summed E-state index contributed by atoms with van der Waals surface area (Å²) in [6, 6.07) is 7.33. The minimum atomic E-state index is -0.503. The molecule has 5 rings (SSSR count). The molecule has 2 N–H and O–H groups in total. The molecule has 2 fully saturated rings. The lowest BCUT2D eigenvalue weighted by Gasteiger charge is -2.37. The SMILES string of the molecule is O=c1ccc(N2CCCCC2CNc2ccc3nccn3n2)nn1C1CCCCC1O. The van der Waals surface area contributed by atoms with Crippen LogP contribution in [0.25, 0.3) is 5.65 Å². The summed E-state index contributed by atoms with van der Waals surface area (Å²) >= 11 is 0. The Morgan fingerprint density at radius 1 is 1.03 bits per heavy atom. The van der Waals surface area contributed by atoms with Crippen LogP contribution in [0.4, 0.5) is 11.6 Å². The van der Waals surface area contributed by atoms with Crippen LogP contribution < -0.4 is 15.8 Å². The second-order valence-corrected chi connectivity index (χ2v) is 8.57. The first-order valence-corrected chi connectivity index (χ1v) is 11.3. The molecule has 0 aromatic carbocycles. The van der Waals surface area contributed by atoms with E-state index < -0.39 is 6.10 Å². The second-order valence-electron chi connectivity index (χ2n) is 8.57. The topological polar surface area (TPSA) is 101 Å². The van der Waals surface area contributed by atoms with E-state index in [9.17, 15) is 9.90 Å². The summed E-state index contributed by atoms with van der Waals surface area (Å²) in [5.41, 5.74) is 0.681. The quantitative estimate of drug-likeness (QED) is 0.649. The van der Waals surface area contributed by atoms with Gasteiger partial charge in [0.05, 0.1) is 12.1 Å². The van der Waals surface area contributed by atoms with Gasteiger partial charge in [-0.1, -0.05) is 12.8 Å². The van der Waals surface area contributed by atoms with Gasteiger partial charge in [-0.2, -0.15) is 5.10 Å². The predicted molar refractivity (Wildman–Crippen MR) is 118 cm³/mol. The highest BCUT2D eigenvalue weighted by molar-refractivity contribution is 5.45. The lowest BCUT2D eigenvalue weighted by atomic mass is 9.93. The van der Waals surface area contributed by atoms with Crippen LogP contribution in [-0.4, -0.2) is 54.7 Å². The van der Waals surface area contributed by atoms with Crippen LogP contribution in [-0.2, 0) is 0 Å². The lowest BCUT2D eigenvalue weighted by molar-refractivity contribution is 0.0669. The molecular formula is C22H29N7O2. The molecule has 1 saturated carbocycles. The smallest absolute Gasteiger partial charge is 0.267 e. The summed E-state index contributed by atoms with van der Waals surface area (Å²) in [6.45, 7) is 1.64. The van der Waals surface area contributed by atoms with E-state index in [1.165, 1.54) is 4.68 Å². The number of hydrogen-bond acceptors (Lipinski definition) is 7. The maximum Gasteiger partial charge on any atom is 0.267 e. The van der Waals surface area contributed by atoms with Gasteiger partial charge in [-0.05, 0) is 50.3 Å². The number of rotatable bonds is 5. The predicted octanol–water partition coefficient (Wildman–Crippen LogP) is 2.23. The van der Waals surface area contributed by atoms with E-state index in [0.717, 1.165) is 75.3 Å². The van der Waals surface area contributed by atoms with Crippen molar-refractivity contribution in [3.05, 3.63) is 47.0 Å². The Balaban J connectivity index is 1.35. The van der Waals surface area contributed by atoms with Gasteiger partial charge >= 0.3 is 0 Å². The minimum absolute atomic E-state index is 0.140. The van der Waals surface area contributed by atoms with Gasteiger partial charge in [-0.15, -0.1) is 5.10 Å². The van der Waals surface area contributed by atoms with Crippen LogP contribution >= 0.6 is 0 Å². The zero-order chi connectivity index (χ0) is 21.2. The number of nitrogens with one attached hydrogen (secondary N) is 1. The van der Waals surface area contributed by atoms with Crippen molar-refractivity contribution >= 4 is 17.3 Å². The molecule has 9 nitrogen and oxygen atoms in total. The molecule has 3 aromatic heterocycles. The van der Waals surface area contributed by atoms with Crippen LogP contribution in [0.2, 0.25) is 0 Å². The Labute approximate surface area is 180 Å². The third-order valence-corrected chi connectivity index (χ3v) is 6.51. The third-order valence-electron chi connectivity index (χ3n) is 6.51. The van der Waals surface area contributed by atoms with Crippen molar-refractivity contribution in [3.63, 3.8) is 0 Å². The van der Waals surface area contributed by atoms with E-state index in [1.807, 2.05) is 24.4 Å². The molecule has 0 bridgehead atoms. The molecule has 0 amide bonds.